The van der Waals surface area contributed by atoms with E-state index in [0.29, 0.717) is 13.2 Å². The summed E-state index contributed by atoms with van der Waals surface area (Å²) in [6, 6.07) is 0. The molecule has 0 saturated carbocycles. The fraction of sp³-hybridized carbons (Fsp3) is 0.714. The standard InChI is InChI=1S/C7H12O2/c1-3-4-8-5-7(2)6-9-7/h3H,1,4-6H2,2H3. The average molecular weight is 128 g/mol. The highest BCUT2D eigenvalue weighted by atomic mass is 16.6. The molecule has 1 unspecified atom stereocenters. The second kappa shape index (κ2) is 2.50. The summed E-state index contributed by atoms with van der Waals surface area (Å²) < 4.78 is 10.2. The molecule has 2 nitrogen and oxygen atoms in total. The first kappa shape index (κ1) is 6.78. The molecule has 2 heteroatoms. The van der Waals surface area contributed by atoms with Gasteiger partial charge in [-0.05, 0) is 6.92 Å². The minimum absolute atomic E-state index is 0.0308. The Labute approximate surface area is 55.5 Å². The summed E-state index contributed by atoms with van der Waals surface area (Å²) in [6.45, 7) is 7.73. The van der Waals surface area contributed by atoms with Crippen LogP contribution in [-0.4, -0.2) is 25.4 Å². The predicted octanol–water partition coefficient (Wildman–Crippen LogP) is 0.978. The van der Waals surface area contributed by atoms with E-state index in [1.54, 1.807) is 6.08 Å². The first-order chi connectivity index (χ1) is 4.27. The van der Waals surface area contributed by atoms with Crippen LogP contribution in [0.15, 0.2) is 12.7 Å². The average Bonchev–Trinajstić information content (AvgIpc) is 2.50. The van der Waals surface area contributed by atoms with Crippen LogP contribution < -0.4 is 0 Å². The Hall–Kier alpha value is -0.340. The lowest BCUT2D eigenvalue weighted by Crippen LogP contribution is -2.14. The van der Waals surface area contributed by atoms with Gasteiger partial charge in [0.2, 0.25) is 0 Å². The largest absolute Gasteiger partial charge is 0.374 e. The van der Waals surface area contributed by atoms with Crippen molar-refractivity contribution < 1.29 is 9.47 Å². The van der Waals surface area contributed by atoms with Gasteiger partial charge < -0.3 is 9.47 Å². The monoisotopic (exact) mass is 128 g/mol. The van der Waals surface area contributed by atoms with Gasteiger partial charge in [0, 0.05) is 0 Å². The quantitative estimate of drug-likeness (QED) is 0.320. The van der Waals surface area contributed by atoms with E-state index in [-0.39, 0.29) is 5.60 Å². The lowest BCUT2D eigenvalue weighted by atomic mass is 10.2. The Kier molecular flexibility index (Phi) is 1.88. The summed E-state index contributed by atoms with van der Waals surface area (Å²) in [4.78, 5) is 0. The molecule has 1 aliphatic heterocycles. The van der Waals surface area contributed by atoms with Crippen molar-refractivity contribution in [1.29, 1.82) is 0 Å². The van der Waals surface area contributed by atoms with Gasteiger partial charge >= 0.3 is 0 Å². The third-order valence-corrected chi connectivity index (χ3v) is 1.28. The maximum Gasteiger partial charge on any atom is 0.112 e. The summed E-state index contributed by atoms with van der Waals surface area (Å²) >= 11 is 0. The molecule has 1 aliphatic rings. The summed E-state index contributed by atoms with van der Waals surface area (Å²) in [5, 5.41) is 0. The van der Waals surface area contributed by atoms with Crippen LogP contribution in [-0.2, 0) is 9.47 Å². The van der Waals surface area contributed by atoms with Crippen molar-refractivity contribution in [2.45, 2.75) is 12.5 Å². The van der Waals surface area contributed by atoms with E-state index < -0.39 is 0 Å². The lowest BCUT2D eigenvalue weighted by Gasteiger charge is -2.02. The van der Waals surface area contributed by atoms with Crippen LogP contribution >= 0.6 is 0 Å². The smallest absolute Gasteiger partial charge is 0.112 e. The minimum Gasteiger partial charge on any atom is -0.374 e. The van der Waals surface area contributed by atoms with Gasteiger partial charge in [-0.3, -0.25) is 0 Å². The molecule has 0 aromatic heterocycles. The van der Waals surface area contributed by atoms with Crippen LogP contribution in [0.3, 0.4) is 0 Å². The fourth-order valence-corrected chi connectivity index (χ4v) is 0.565. The number of epoxide rings is 1. The fourth-order valence-electron chi connectivity index (χ4n) is 0.565. The van der Waals surface area contributed by atoms with Crippen molar-refractivity contribution in [3.05, 3.63) is 12.7 Å². The molecule has 0 spiro atoms. The van der Waals surface area contributed by atoms with Crippen molar-refractivity contribution in [2.75, 3.05) is 19.8 Å². The molecule has 52 valence electrons. The molecule has 1 saturated heterocycles. The molecular formula is C7H12O2. The van der Waals surface area contributed by atoms with Crippen LogP contribution in [0.2, 0.25) is 0 Å². The Morgan fingerprint density at radius 1 is 1.89 bits per heavy atom. The zero-order valence-electron chi connectivity index (χ0n) is 5.72. The Balaban J connectivity index is 1.98. The molecule has 0 aromatic rings. The normalized spacial score (nSPS) is 32.1. The molecule has 0 aliphatic carbocycles. The van der Waals surface area contributed by atoms with Crippen LogP contribution in [0.4, 0.5) is 0 Å². The van der Waals surface area contributed by atoms with E-state index in [2.05, 4.69) is 6.58 Å². The minimum atomic E-state index is 0.0308. The first-order valence-electron chi connectivity index (χ1n) is 3.09. The molecule has 1 heterocycles. The maximum atomic E-state index is 5.17. The molecule has 9 heavy (non-hydrogen) atoms. The third kappa shape index (κ3) is 2.16. The van der Waals surface area contributed by atoms with E-state index in [1.165, 1.54) is 0 Å². The number of hydrogen-bond acceptors (Lipinski definition) is 2. The van der Waals surface area contributed by atoms with Gasteiger partial charge in [-0.1, -0.05) is 6.08 Å². The molecule has 0 amide bonds. The molecule has 0 bridgehead atoms. The molecule has 0 aromatic carbocycles. The highest BCUT2D eigenvalue weighted by molar-refractivity contribution is 4.86. The summed E-state index contributed by atoms with van der Waals surface area (Å²) in [5.74, 6) is 0. The lowest BCUT2D eigenvalue weighted by molar-refractivity contribution is 0.105. The van der Waals surface area contributed by atoms with Gasteiger partial charge in [0.15, 0.2) is 0 Å². The molecule has 1 fully saturated rings. The van der Waals surface area contributed by atoms with E-state index in [9.17, 15) is 0 Å². The van der Waals surface area contributed by atoms with Crippen molar-refractivity contribution >= 4 is 0 Å². The van der Waals surface area contributed by atoms with E-state index >= 15 is 0 Å². The SMILES string of the molecule is C=CCOCC1(C)CO1. The van der Waals surface area contributed by atoms with Crippen LogP contribution in [0.1, 0.15) is 6.92 Å². The summed E-state index contributed by atoms with van der Waals surface area (Å²) in [7, 11) is 0. The van der Waals surface area contributed by atoms with Gasteiger partial charge in [0.1, 0.15) is 5.60 Å². The topological polar surface area (TPSA) is 21.8 Å². The maximum absolute atomic E-state index is 5.17. The predicted molar refractivity (Wildman–Crippen MR) is 35.4 cm³/mol. The van der Waals surface area contributed by atoms with Crippen LogP contribution in [0, 0.1) is 0 Å². The van der Waals surface area contributed by atoms with Gasteiger partial charge in [-0.25, -0.2) is 0 Å². The number of hydrogen-bond donors (Lipinski definition) is 0. The van der Waals surface area contributed by atoms with Gasteiger partial charge in [0.05, 0.1) is 19.8 Å². The zero-order chi connectivity index (χ0) is 6.74. The Morgan fingerprint density at radius 2 is 2.56 bits per heavy atom. The third-order valence-electron chi connectivity index (χ3n) is 1.28. The zero-order valence-corrected chi connectivity index (χ0v) is 5.72. The molecule has 0 radical (unpaired) electrons. The van der Waals surface area contributed by atoms with Gasteiger partial charge in [-0.15, -0.1) is 6.58 Å². The van der Waals surface area contributed by atoms with Crippen molar-refractivity contribution in [1.82, 2.24) is 0 Å². The van der Waals surface area contributed by atoms with E-state index in [0.717, 1.165) is 6.61 Å². The highest BCUT2D eigenvalue weighted by Gasteiger charge is 2.39. The van der Waals surface area contributed by atoms with Crippen LogP contribution in [0.5, 0.6) is 0 Å². The second-order valence-electron chi connectivity index (χ2n) is 2.54. The molecular weight excluding hydrogens is 116 g/mol. The van der Waals surface area contributed by atoms with Gasteiger partial charge in [-0.2, -0.15) is 0 Å². The first-order valence-corrected chi connectivity index (χ1v) is 3.09. The van der Waals surface area contributed by atoms with Crippen molar-refractivity contribution in [2.24, 2.45) is 0 Å². The summed E-state index contributed by atoms with van der Waals surface area (Å²) in [5.41, 5.74) is 0.0308. The number of ether oxygens (including phenoxy) is 2. The Bertz CT molecular complexity index is 105. The summed E-state index contributed by atoms with van der Waals surface area (Å²) in [6.07, 6.45) is 1.74. The molecule has 1 rings (SSSR count). The van der Waals surface area contributed by atoms with Crippen LogP contribution in [0.25, 0.3) is 0 Å². The highest BCUT2D eigenvalue weighted by Crippen LogP contribution is 2.25. The van der Waals surface area contributed by atoms with Crippen molar-refractivity contribution in [3.8, 4) is 0 Å². The Morgan fingerprint density at radius 3 is 3.00 bits per heavy atom. The van der Waals surface area contributed by atoms with Gasteiger partial charge in [0.25, 0.3) is 0 Å². The second-order valence-corrected chi connectivity index (χ2v) is 2.54. The van der Waals surface area contributed by atoms with Crippen molar-refractivity contribution in [3.63, 3.8) is 0 Å². The number of rotatable bonds is 4. The van der Waals surface area contributed by atoms with E-state index in [1.807, 2.05) is 6.92 Å². The molecule has 0 N–H and O–H groups in total. The molecule has 1 atom stereocenters. The van der Waals surface area contributed by atoms with E-state index in [4.69, 9.17) is 9.47 Å².